The lowest BCUT2D eigenvalue weighted by molar-refractivity contribution is 0.413. The summed E-state index contributed by atoms with van der Waals surface area (Å²) in [5.74, 6) is 1.32. The fraction of sp³-hybridized carbons (Fsp3) is 0.333. The van der Waals surface area contributed by atoms with E-state index in [0.717, 1.165) is 18.6 Å². The number of nitrogens with two attached hydrogens (primary N) is 1. The van der Waals surface area contributed by atoms with Crippen LogP contribution in [0, 0.1) is 5.92 Å². The molecular formula is C15H19NO2. The van der Waals surface area contributed by atoms with Crippen molar-refractivity contribution in [1.82, 2.24) is 0 Å². The highest BCUT2D eigenvalue weighted by atomic mass is 16.5. The molecule has 0 fully saturated rings. The quantitative estimate of drug-likeness (QED) is 0.851. The SMILES string of the molecule is COc1cccc(CC(CN)Cc2ccoc2)c1. The molecule has 2 N–H and O–H groups in total. The maximum atomic E-state index is 5.85. The predicted molar refractivity (Wildman–Crippen MR) is 71.7 cm³/mol. The first-order chi connectivity index (χ1) is 8.81. The van der Waals surface area contributed by atoms with Gasteiger partial charge in [0.25, 0.3) is 0 Å². The van der Waals surface area contributed by atoms with E-state index >= 15 is 0 Å². The van der Waals surface area contributed by atoms with Gasteiger partial charge in [0.15, 0.2) is 0 Å². The normalized spacial score (nSPS) is 12.3. The van der Waals surface area contributed by atoms with E-state index < -0.39 is 0 Å². The number of benzene rings is 1. The second-order valence-electron chi connectivity index (χ2n) is 4.49. The van der Waals surface area contributed by atoms with Crippen LogP contribution in [0.25, 0.3) is 0 Å². The molecule has 0 saturated heterocycles. The second-order valence-corrected chi connectivity index (χ2v) is 4.49. The number of hydrogen-bond acceptors (Lipinski definition) is 3. The highest BCUT2D eigenvalue weighted by molar-refractivity contribution is 5.28. The Balaban J connectivity index is 2.00. The van der Waals surface area contributed by atoms with Gasteiger partial charge in [0, 0.05) is 0 Å². The van der Waals surface area contributed by atoms with Gasteiger partial charge in [0.05, 0.1) is 19.6 Å². The summed E-state index contributed by atoms with van der Waals surface area (Å²) in [5.41, 5.74) is 8.31. The van der Waals surface area contributed by atoms with Crippen LogP contribution in [0.15, 0.2) is 47.3 Å². The molecule has 2 aromatic rings. The average Bonchev–Trinajstić information content (AvgIpc) is 2.91. The summed E-state index contributed by atoms with van der Waals surface area (Å²) in [6.45, 7) is 0.669. The van der Waals surface area contributed by atoms with Gasteiger partial charge in [-0.15, -0.1) is 0 Å². The highest BCUT2D eigenvalue weighted by Crippen LogP contribution is 2.18. The van der Waals surface area contributed by atoms with E-state index in [1.807, 2.05) is 18.2 Å². The highest BCUT2D eigenvalue weighted by Gasteiger charge is 2.10. The summed E-state index contributed by atoms with van der Waals surface area (Å²) in [7, 11) is 1.69. The topological polar surface area (TPSA) is 48.4 Å². The monoisotopic (exact) mass is 245 g/mol. The van der Waals surface area contributed by atoms with E-state index in [1.54, 1.807) is 19.6 Å². The van der Waals surface area contributed by atoms with Gasteiger partial charge in [-0.25, -0.2) is 0 Å². The molecule has 1 aromatic carbocycles. The van der Waals surface area contributed by atoms with Gasteiger partial charge in [0.1, 0.15) is 5.75 Å². The Bertz CT molecular complexity index is 465. The van der Waals surface area contributed by atoms with Gasteiger partial charge in [0.2, 0.25) is 0 Å². The van der Waals surface area contributed by atoms with Crippen molar-refractivity contribution in [2.24, 2.45) is 11.7 Å². The van der Waals surface area contributed by atoms with Crippen molar-refractivity contribution >= 4 is 0 Å². The van der Waals surface area contributed by atoms with Gasteiger partial charge in [-0.05, 0) is 54.6 Å². The van der Waals surface area contributed by atoms with Gasteiger partial charge in [-0.1, -0.05) is 12.1 Å². The van der Waals surface area contributed by atoms with E-state index in [2.05, 4.69) is 12.1 Å². The fourth-order valence-electron chi connectivity index (χ4n) is 2.11. The van der Waals surface area contributed by atoms with Crippen LogP contribution in [0.4, 0.5) is 0 Å². The van der Waals surface area contributed by atoms with Gasteiger partial charge in [-0.2, -0.15) is 0 Å². The van der Waals surface area contributed by atoms with Crippen molar-refractivity contribution < 1.29 is 9.15 Å². The molecule has 1 heterocycles. The molecule has 2 rings (SSSR count). The van der Waals surface area contributed by atoms with Crippen molar-refractivity contribution in [3.63, 3.8) is 0 Å². The van der Waals surface area contributed by atoms with Crippen LogP contribution in [-0.2, 0) is 12.8 Å². The molecule has 0 amide bonds. The molecule has 3 nitrogen and oxygen atoms in total. The molecular weight excluding hydrogens is 226 g/mol. The van der Waals surface area contributed by atoms with E-state index in [4.69, 9.17) is 14.9 Å². The van der Waals surface area contributed by atoms with Crippen molar-refractivity contribution in [1.29, 1.82) is 0 Å². The third kappa shape index (κ3) is 3.37. The standard InChI is InChI=1S/C15H19NO2/c1-17-15-4-2-3-12(9-15)7-14(10-16)8-13-5-6-18-11-13/h2-6,9,11,14H,7-8,10,16H2,1H3. The summed E-state index contributed by atoms with van der Waals surface area (Å²) in [6.07, 6.45) is 5.39. The molecule has 1 atom stereocenters. The van der Waals surface area contributed by atoms with Crippen LogP contribution in [0.2, 0.25) is 0 Å². The van der Waals surface area contributed by atoms with Crippen molar-refractivity contribution in [2.45, 2.75) is 12.8 Å². The number of rotatable bonds is 6. The lowest BCUT2D eigenvalue weighted by Crippen LogP contribution is -2.19. The molecule has 3 heteroatoms. The minimum Gasteiger partial charge on any atom is -0.497 e. The Morgan fingerprint density at radius 3 is 2.72 bits per heavy atom. The fourth-order valence-corrected chi connectivity index (χ4v) is 2.11. The maximum Gasteiger partial charge on any atom is 0.119 e. The summed E-state index contributed by atoms with van der Waals surface area (Å²) >= 11 is 0. The van der Waals surface area contributed by atoms with E-state index in [9.17, 15) is 0 Å². The van der Waals surface area contributed by atoms with Gasteiger partial charge >= 0.3 is 0 Å². The zero-order chi connectivity index (χ0) is 12.8. The molecule has 0 radical (unpaired) electrons. The Labute approximate surface area is 108 Å². The lowest BCUT2D eigenvalue weighted by Gasteiger charge is -2.14. The molecule has 0 aliphatic heterocycles. The minimum absolute atomic E-state index is 0.426. The molecule has 0 aliphatic rings. The molecule has 0 aliphatic carbocycles. The van der Waals surface area contributed by atoms with Crippen LogP contribution in [0.1, 0.15) is 11.1 Å². The predicted octanol–water partition coefficient (Wildman–Crippen LogP) is 2.65. The first-order valence-corrected chi connectivity index (χ1v) is 6.16. The summed E-state index contributed by atoms with van der Waals surface area (Å²) in [6, 6.07) is 10.1. The second kappa shape index (κ2) is 6.26. The van der Waals surface area contributed by atoms with Crippen molar-refractivity contribution in [2.75, 3.05) is 13.7 Å². The molecule has 0 saturated carbocycles. The average molecular weight is 245 g/mol. The first kappa shape index (κ1) is 12.7. The molecule has 1 unspecified atom stereocenters. The van der Waals surface area contributed by atoms with E-state index in [-0.39, 0.29) is 0 Å². The number of hydrogen-bond donors (Lipinski definition) is 1. The maximum absolute atomic E-state index is 5.85. The Hall–Kier alpha value is -1.74. The molecule has 0 bridgehead atoms. The van der Waals surface area contributed by atoms with Crippen LogP contribution in [0.5, 0.6) is 5.75 Å². The van der Waals surface area contributed by atoms with Crippen molar-refractivity contribution in [3.8, 4) is 5.75 Å². The zero-order valence-corrected chi connectivity index (χ0v) is 10.6. The molecule has 96 valence electrons. The van der Waals surface area contributed by atoms with Gasteiger partial charge in [-0.3, -0.25) is 0 Å². The summed E-state index contributed by atoms with van der Waals surface area (Å²) in [5, 5.41) is 0. The zero-order valence-electron chi connectivity index (χ0n) is 10.6. The first-order valence-electron chi connectivity index (χ1n) is 6.16. The Kier molecular flexibility index (Phi) is 4.42. The number of ether oxygens (including phenoxy) is 1. The minimum atomic E-state index is 0.426. The summed E-state index contributed by atoms with van der Waals surface area (Å²) < 4.78 is 10.3. The summed E-state index contributed by atoms with van der Waals surface area (Å²) in [4.78, 5) is 0. The van der Waals surface area contributed by atoms with E-state index in [1.165, 1.54) is 11.1 Å². The van der Waals surface area contributed by atoms with Crippen LogP contribution in [0.3, 0.4) is 0 Å². The Morgan fingerprint density at radius 2 is 2.06 bits per heavy atom. The lowest BCUT2D eigenvalue weighted by atomic mass is 9.93. The van der Waals surface area contributed by atoms with Crippen molar-refractivity contribution in [3.05, 3.63) is 54.0 Å². The number of methoxy groups -OCH3 is 1. The van der Waals surface area contributed by atoms with Crippen LogP contribution < -0.4 is 10.5 Å². The van der Waals surface area contributed by atoms with E-state index in [0.29, 0.717) is 12.5 Å². The van der Waals surface area contributed by atoms with Crippen LogP contribution >= 0.6 is 0 Å². The molecule has 1 aromatic heterocycles. The Morgan fingerprint density at radius 1 is 1.22 bits per heavy atom. The smallest absolute Gasteiger partial charge is 0.119 e. The van der Waals surface area contributed by atoms with Gasteiger partial charge < -0.3 is 14.9 Å². The largest absolute Gasteiger partial charge is 0.497 e. The van der Waals surface area contributed by atoms with Crippen LogP contribution in [-0.4, -0.2) is 13.7 Å². The third-order valence-electron chi connectivity index (χ3n) is 3.10. The molecule has 18 heavy (non-hydrogen) atoms. The number of furan rings is 1. The molecule has 0 spiro atoms. The third-order valence-corrected chi connectivity index (χ3v) is 3.10.